The molecule has 4 nitrogen and oxygen atoms in total. The van der Waals surface area contributed by atoms with Crippen LogP contribution in [-0.4, -0.2) is 24.5 Å². The highest BCUT2D eigenvalue weighted by Gasteiger charge is 2.29. The third-order valence-corrected chi connectivity index (χ3v) is 3.77. The molecule has 2 unspecified atom stereocenters. The van der Waals surface area contributed by atoms with Gasteiger partial charge in [0.25, 0.3) is 0 Å². The highest BCUT2D eigenvalue weighted by atomic mass is 16.5. The number of benzene rings is 1. The Kier molecular flexibility index (Phi) is 4.99. The highest BCUT2D eigenvalue weighted by molar-refractivity contribution is 5.88. The summed E-state index contributed by atoms with van der Waals surface area (Å²) in [5.41, 5.74) is 2.24. The Morgan fingerprint density at radius 2 is 1.95 bits per heavy atom. The van der Waals surface area contributed by atoms with Crippen molar-refractivity contribution in [3.8, 4) is 0 Å². The second-order valence-electron chi connectivity index (χ2n) is 6.08. The Morgan fingerprint density at radius 3 is 2.48 bits per heavy atom. The van der Waals surface area contributed by atoms with Crippen LogP contribution in [0.5, 0.6) is 0 Å². The van der Waals surface area contributed by atoms with Gasteiger partial charge in [-0.25, -0.2) is 4.79 Å². The lowest BCUT2D eigenvalue weighted by Crippen LogP contribution is -2.40. The zero-order valence-electron chi connectivity index (χ0n) is 12.9. The van der Waals surface area contributed by atoms with E-state index < -0.39 is 6.04 Å². The lowest BCUT2D eigenvalue weighted by Gasteiger charge is -2.15. The van der Waals surface area contributed by atoms with Crippen LogP contribution in [0.4, 0.5) is 0 Å². The number of carbonyl (C=O) groups excluding carboxylic acids is 2. The predicted molar refractivity (Wildman–Crippen MR) is 80.9 cm³/mol. The lowest BCUT2D eigenvalue weighted by atomic mass is 9.96. The van der Waals surface area contributed by atoms with Crippen LogP contribution in [0.2, 0.25) is 0 Å². The normalized spacial score (nSPS) is 19.4. The van der Waals surface area contributed by atoms with E-state index >= 15 is 0 Å². The molecule has 2 rings (SSSR count). The third-order valence-electron chi connectivity index (χ3n) is 3.77. The van der Waals surface area contributed by atoms with Gasteiger partial charge in [-0.15, -0.1) is 0 Å². The number of cyclic esters (lactones) is 1. The van der Waals surface area contributed by atoms with Gasteiger partial charge in [-0.05, 0) is 30.4 Å². The predicted octanol–water partition coefficient (Wildman–Crippen LogP) is 2.42. The second-order valence-corrected chi connectivity index (χ2v) is 6.08. The first-order chi connectivity index (χ1) is 9.97. The van der Waals surface area contributed by atoms with Crippen LogP contribution in [0, 0.1) is 5.92 Å². The fourth-order valence-electron chi connectivity index (χ4n) is 2.49. The second kappa shape index (κ2) is 6.74. The summed E-state index contributed by atoms with van der Waals surface area (Å²) in [7, 11) is 0. The first-order valence-corrected chi connectivity index (χ1v) is 7.53. The topological polar surface area (TPSA) is 55.4 Å². The van der Waals surface area contributed by atoms with Crippen molar-refractivity contribution in [3.63, 3.8) is 0 Å². The van der Waals surface area contributed by atoms with Gasteiger partial charge in [0.15, 0.2) is 0 Å². The van der Waals surface area contributed by atoms with Gasteiger partial charge >= 0.3 is 5.97 Å². The fraction of sp³-hybridized carbons (Fsp3) is 0.529. The number of carbonyl (C=O) groups is 2. The van der Waals surface area contributed by atoms with E-state index in [1.54, 1.807) is 0 Å². The Morgan fingerprint density at radius 1 is 1.29 bits per heavy atom. The first-order valence-electron chi connectivity index (χ1n) is 7.53. The number of nitrogens with one attached hydrogen (secondary N) is 1. The summed E-state index contributed by atoms with van der Waals surface area (Å²) in [6, 6.07) is 7.65. The number of esters is 1. The molecular weight excluding hydrogens is 266 g/mol. The maximum absolute atomic E-state index is 12.2. The minimum absolute atomic E-state index is 0.129. The molecule has 4 heteroatoms. The molecule has 1 aliphatic rings. The SMILES string of the molecule is CC(C)Cc1ccc(C(C)C(=O)NC2CCOC2=O)cc1. The first kappa shape index (κ1) is 15.5. The van der Waals surface area contributed by atoms with Crippen LogP contribution in [0.3, 0.4) is 0 Å². The molecule has 1 aromatic carbocycles. The van der Waals surface area contributed by atoms with E-state index in [1.807, 2.05) is 19.1 Å². The minimum atomic E-state index is -0.486. The van der Waals surface area contributed by atoms with Gasteiger partial charge in [-0.3, -0.25) is 4.79 Å². The number of hydrogen-bond donors (Lipinski definition) is 1. The number of ether oxygens (including phenoxy) is 1. The maximum atomic E-state index is 12.2. The van der Waals surface area contributed by atoms with E-state index in [9.17, 15) is 9.59 Å². The Balaban J connectivity index is 1.96. The van der Waals surface area contributed by atoms with Crippen LogP contribution in [0.25, 0.3) is 0 Å². The average Bonchev–Trinajstić information content (AvgIpc) is 2.83. The molecule has 1 N–H and O–H groups in total. The molecule has 0 aromatic heterocycles. The van der Waals surface area contributed by atoms with Crippen molar-refractivity contribution in [2.24, 2.45) is 5.92 Å². The van der Waals surface area contributed by atoms with E-state index in [1.165, 1.54) is 5.56 Å². The van der Waals surface area contributed by atoms with Crippen LogP contribution in [0.15, 0.2) is 24.3 Å². The van der Waals surface area contributed by atoms with Gasteiger partial charge < -0.3 is 10.1 Å². The molecule has 0 bridgehead atoms. The molecule has 1 amide bonds. The van der Waals surface area contributed by atoms with Gasteiger partial charge in [0.1, 0.15) is 6.04 Å². The molecule has 1 heterocycles. The smallest absolute Gasteiger partial charge is 0.328 e. The molecule has 0 saturated carbocycles. The largest absolute Gasteiger partial charge is 0.464 e. The Bertz CT molecular complexity index is 507. The molecule has 0 spiro atoms. The summed E-state index contributed by atoms with van der Waals surface area (Å²) in [4.78, 5) is 23.6. The standard InChI is InChI=1S/C17H23NO3/c1-11(2)10-13-4-6-14(7-5-13)12(3)16(19)18-15-8-9-21-17(15)20/h4-7,11-12,15H,8-10H2,1-3H3,(H,18,19). The molecule has 0 radical (unpaired) electrons. The van der Waals surface area contributed by atoms with Gasteiger partial charge in [0.05, 0.1) is 12.5 Å². The highest BCUT2D eigenvalue weighted by Crippen LogP contribution is 2.18. The van der Waals surface area contributed by atoms with Crippen molar-refractivity contribution in [3.05, 3.63) is 35.4 Å². The molecule has 114 valence electrons. The number of amides is 1. The summed E-state index contributed by atoms with van der Waals surface area (Å²) in [6.07, 6.45) is 1.60. The molecule has 1 aliphatic heterocycles. The zero-order valence-corrected chi connectivity index (χ0v) is 12.9. The van der Waals surface area contributed by atoms with Crippen LogP contribution >= 0.6 is 0 Å². The van der Waals surface area contributed by atoms with E-state index in [4.69, 9.17) is 4.74 Å². The Hall–Kier alpha value is -1.84. The number of rotatable bonds is 5. The van der Waals surface area contributed by atoms with E-state index in [0.717, 1.165) is 12.0 Å². The van der Waals surface area contributed by atoms with Gasteiger partial charge in [0.2, 0.25) is 5.91 Å². The van der Waals surface area contributed by atoms with Crippen LogP contribution in [-0.2, 0) is 20.7 Å². The van der Waals surface area contributed by atoms with Crippen molar-refractivity contribution in [2.45, 2.75) is 45.6 Å². The summed E-state index contributed by atoms with van der Waals surface area (Å²) >= 11 is 0. The summed E-state index contributed by atoms with van der Waals surface area (Å²) in [6.45, 7) is 6.62. The molecule has 1 aromatic rings. The molecule has 21 heavy (non-hydrogen) atoms. The molecule has 2 atom stereocenters. The summed E-state index contributed by atoms with van der Waals surface area (Å²) in [5, 5.41) is 2.76. The fourth-order valence-corrected chi connectivity index (χ4v) is 2.49. The van der Waals surface area contributed by atoms with Crippen LogP contribution < -0.4 is 5.32 Å². The summed E-state index contributed by atoms with van der Waals surface area (Å²) in [5.74, 6) is -0.116. The van der Waals surface area contributed by atoms with Gasteiger partial charge in [-0.1, -0.05) is 38.1 Å². The number of hydrogen-bond acceptors (Lipinski definition) is 3. The van der Waals surface area contributed by atoms with Gasteiger partial charge in [0, 0.05) is 6.42 Å². The van der Waals surface area contributed by atoms with E-state index in [-0.39, 0.29) is 17.8 Å². The third kappa shape index (κ3) is 4.06. The van der Waals surface area contributed by atoms with Crippen molar-refractivity contribution in [1.82, 2.24) is 5.32 Å². The van der Waals surface area contributed by atoms with Crippen molar-refractivity contribution >= 4 is 11.9 Å². The zero-order chi connectivity index (χ0) is 15.4. The van der Waals surface area contributed by atoms with Gasteiger partial charge in [-0.2, -0.15) is 0 Å². The van der Waals surface area contributed by atoms with Crippen LogP contribution in [0.1, 0.15) is 44.2 Å². The van der Waals surface area contributed by atoms with Crippen molar-refractivity contribution in [1.29, 1.82) is 0 Å². The van der Waals surface area contributed by atoms with Crippen molar-refractivity contribution < 1.29 is 14.3 Å². The summed E-state index contributed by atoms with van der Waals surface area (Å²) < 4.78 is 4.85. The quantitative estimate of drug-likeness (QED) is 0.847. The molecular formula is C17H23NO3. The minimum Gasteiger partial charge on any atom is -0.464 e. The van der Waals surface area contributed by atoms with Crippen molar-refractivity contribution in [2.75, 3.05) is 6.61 Å². The molecule has 1 fully saturated rings. The Labute approximate surface area is 125 Å². The molecule has 0 aliphatic carbocycles. The lowest BCUT2D eigenvalue weighted by molar-refractivity contribution is -0.141. The maximum Gasteiger partial charge on any atom is 0.328 e. The molecule has 1 saturated heterocycles. The van der Waals surface area contributed by atoms with E-state index in [0.29, 0.717) is 18.9 Å². The van der Waals surface area contributed by atoms with E-state index in [2.05, 4.69) is 31.3 Å². The average molecular weight is 289 g/mol. The monoisotopic (exact) mass is 289 g/mol.